The average Bonchev–Trinajstić information content (AvgIpc) is 2.92. The number of methoxy groups -OCH3 is 1. The number of hydrogen-bond donors (Lipinski definition) is 1. The summed E-state index contributed by atoms with van der Waals surface area (Å²) in [6.45, 7) is 0. The molecule has 6 heteroatoms. The second-order valence-electron chi connectivity index (χ2n) is 4.08. The molecule has 0 fully saturated rings. The van der Waals surface area contributed by atoms with Gasteiger partial charge in [-0.15, -0.1) is 0 Å². The van der Waals surface area contributed by atoms with Crippen molar-refractivity contribution in [1.29, 1.82) is 0 Å². The smallest absolute Gasteiger partial charge is 0.373 e. The molecule has 1 N–H and O–H groups in total. The van der Waals surface area contributed by atoms with E-state index in [0.717, 1.165) is 0 Å². The topological polar surface area (TPSA) is 51.5 Å². The number of ether oxygens (including phenoxy) is 1. The third-order valence-electron chi connectivity index (χ3n) is 2.86. The number of carbonyl (C=O) groups excluding carboxylic acids is 1. The summed E-state index contributed by atoms with van der Waals surface area (Å²) in [5.74, 6) is -0.540. The first-order valence-corrected chi connectivity index (χ1v) is 6.25. The highest BCUT2D eigenvalue weighted by Crippen LogP contribution is 2.28. The van der Waals surface area contributed by atoms with Crippen LogP contribution in [0.5, 0.6) is 0 Å². The van der Waals surface area contributed by atoms with Crippen LogP contribution in [0, 0.1) is 5.82 Å². The third-order valence-corrected chi connectivity index (χ3v) is 3.09. The van der Waals surface area contributed by atoms with Crippen molar-refractivity contribution in [1.82, 2.24) is 5.32 Å². The Balaban J connectivity index is 2.39. The van der Waals surface area contributed by atoms with E-state index in [-0.39, 0.29) is 5.76 Å². The van der Waals surface area contributed by atoms with E-state index in [1.165, 1.54) is 31.4 Å². The van der Waals surface area contributed by atoms with Crippen LogP contribution in [-0.2, 0) is 4.74 Å². The zero-order valence-electron chi connectivity index (χ0n) is 10.9. The molecule has 0 aliphatic carbocycles. The van der Waals surface area contributed by atoms with Crippen molar-refractivity contribution >= 4 is 17.6 Å². The zero-order chi connectivity index (χ0) is 14.7. The van der Waals surface area contributed by atoms with Crippen LogP contribution in [0.25, 0.3) is 0 Å². The number of benzene rings is 1. The second-order valence-corrected chi connectivity index (χ2v) is 4.52. The van der Waals surface area contributed by atoms with Gasteiger partial charge in [0.2, 0.25) is 5.76 Å². The summed E-state index contributed by atoms with van der Waals surface area (Å²) < 4.78 is 23.8. The van der Waals surface area contributed by atoms with Crippen molar-refractivity contribution in [3.05, 3.63) is 58.3 Å². The van der Waals surface area contributed by atoms with Crippen molar-refractivity contribution in [2.45, 2.75) is 6.04 Å². The van der Waals surface area contributed by atoms with Crippen LogP contribution in [-0.4, -0.2) is 20.1 Å². The summed E-state index contributed by atoms with van der Waals surface area (Å²) in [4.78, 5) is 11.4. The summed E-state index contributed by atoms with van der Waals surface area (Å²) in [5.41, 5.74) is 0.339. The number of halogens is 2. The molecule has 0 aliphatic rings. The second kappa shape index (κ2) is 6.07. The number of carbonyl (C=O) groups is 1. The maximum atomic E-state index is 13.9. The lowest BCUT2D eigenvalue weighted by Gasteiger charge is -2.15. The van der Waals surface area contributed by atoms with E-state index in [1.54, 1.807) is 13.1 Å². The highest BCUT2D eigenvalue weighted by molar-refractivity contribution is 6.30. The van der Waals surface area contributed by atoms with Gasteiger partial charge in [-0.25, -0.2) is 9.18 Å². The van der Waals surface area contributed by atoms with Gasteiger partial charge in [0.05, 0.1) is 13.2 Å². The van der Waals surface area contributed by atoms with Crippen LogP contribution < -0.4 is 5.32 Å². The first-order valence-electron chi connectivity index (χ1n) is 5.87. The van der Waals surface area contributed by atoms with Crippen LogP contribution in [0.1, 0.15) is 27.9 Å². The average molecular weight is 298 g/mol. The van der Waals surface area contributed by atoms with E-state index in [9.17, 15) is 9.18 Å². The highest BCUT2D eigenvalue weighted by atomic mass is 35.5. The van der Waals surface area contributed by atoms with E-state index in [2.05, 4.69) is 10.1 Å². The minimum absolute atomic E-state index is 0.0604. The summed E-state index contributed by atoms with van der Waals surface area (Å²) in [6, 6.07) is 6.79. The predicted octanol–water partition coefficient (Wildman–Crippen LogP) is 3.17. The number of esters is 1. The molecule has 2 rings (SSSR count). The Bertz CT molecular complexity index is 627. The molecule has 20 heavy (non-hydrogen) atoms. The van der Waals surface area contributed by atoms with E-state index in [4.69, 9.17) is 16.0 Å². The lowest BCUT2D eigenvalue weighted by molar-refractivity contribution is 0.0562. The molecule has 0 bridgehead atoms. The summed E-state index contributed by atoms with van der Waals surface area (Å²) in [5, 5.41) is 3.35. The van der Waals surface area contributed by atoms with Crippen LogP contribution in [0.2, 0.25) is 5.02 Å². The van der Waals surface area contributed by atoms with E-state index < -0.39 is 17.8 Å². The van der Waals surface area contributed by atoms with Gasteiger partial charge in [0.25, 0.3) is 0 Å². The fourth-order valence-electron chi connectivity index (χ4n) is 1.91. The first kappa shape index (κ1) is 14.6. The Hall–Kier alpha value is -1.85. The number of rotatable bonds is 4. The summed E-state index contributed by atoms with van der Waals surface area (Å²) in [6.07, 6.45) is 0. The minimum Gasteiger partial charge on any atom is -0.463 e. The van der Waals surface area contributed by atoms with Gasteiger partial charge in [-0.05, 0) is 37.4 Å². The Kier molecular flexibility index (Phi) is 4.42. The standard InChI is InChI=1S/C14H13ClFNO3/c1-17-13(9-7-8(15)3-4-10(9)16)11-5-6-12(20-11)14(18)19-2/h3-7,13,17H,1-2H3. The molecule has 0 radical (unpaired) electrons. The van der Waals surface area contributed by atoms with Crippen molar-refractivity contribution in [2.75, 3.05) is 14.2 Å². The van der Waals surface area contributed by atoms with E-state index in [0.29, 0.717) is 16.3 Å². The van der Waals surface area contributed by atoms with Gasteiger partial charge in [-0.1, -0.05) is 11.6 Å². The van der Waals surface area contributed by atoms with Gasteiger partial charge in [0, 0.05) is 10.6 Å². The predicted molar refractivity (Wildman–Crippen MR) is 72.4 cm³/mol. The van der Waals surface area contributed by atoms with Gasteiger partial charge in [0.1, 0.15) is 11.6 Å². The zero-order valence-corrected chi connectivity index (χ0v) is 11.7. The minimum atomic E-state index is -0.585. The van der Waals surface area contributed by atoms with Crippen molar-refractivity contribution < 1.29 is 18.3 Å². The normalized spacial score (nSPS) is 12.2. The molecule has 1 aromatic heterocycles. The SMILES string of the molecule is CNC(c1ccc(C(=O)OC)o1)c1cc(Cl)ccc1F. The van der Waals surface area contributed by atoms with Crippen molar-refractivity contribution in [3.63, 3.8) is 0 Å². The molecule has 106 valence electrons. The monoisotopic (exact) mass is 297 g/mol. The molecule has 0 aliphatic heterocycles. The van der Waals surface area contributed by atoms with Crippen LogP contribution in [0.4, 0.5) is 4.39 Å². The molecule has 0 saturated heterocycles. The van der Waals surface area contributed by atoms with Gasteiger partial charge in [0.15, 0.2) is 0 Å². The Morgan fingerprint density at radius 2 is 2.15 bits per heavy atom. The lowest BCUT2D eigenvalue weighted by Crippen LogP contribution is -2.18. The quantitative estimate of drug-likeness (QED) is 0.881. The molecule has 4 nitrogen and oxygen atoms in total. The summed E-state index contributed by atoms with van der Waals surface area (Å²) >= 11 is 5.88. The van der Waals surface area contributed by atoms with Gasteiger partial charge in [-0.2, -0.15) is 0 Å². The Morgan fingerprint density at radius 3 is 2.80 bits per heavy atom. The van der Waals surface area contributed by atoms with Crippen LogP contribution in [0.3, 0.4) is 0 Å². The molecule has 0 saturated carbocycles. The maximum Gasteiger partial charge on any atom is 0.373 e. The largest absolute Gasteiger partial charge is 0.463 e. The number of hydrogen-bond acceptors (Lipinski definition) is 4. The maximum absolute atomic E-state index is 13.9. The Labute approximate surface area is 120 Å². The molecular formula is C14H13ClFNO3. The summed E-state index contributed by atoms with van der Waals surface area (Å²) in [7, 11) is 2.92. The van der Waals surface area contributed by atoms with Crippen molar-refractivity contribution in [2.24, 2.45) is 0 Å². The molecule has 1 aromatic carbocycles. The molecule has 1 atom stereocenters. The third kappa shape index (κ3) is 2.84. The molecule has 1 heterocycles. The van der Waals surface area contributed by atoms with E-state index >= 15 is 0 Å². The van der Waals surface area contributed by atoms with Gasteiger partial charge >= 0.3 is 5.97 Å². The number of furan rings is 1. The van der Waals surface area contributed by atoms with Gasteiger partial charge < -0.3 is 14.5 Å². The van der Waals surface area contributed by atoms with E-state index in [1.807, 2.05) is 0 Å². The first-order chi connectivity index (χ1) is 9.56. The molecular weight excluding hydrogens is 285 g/mol. The molecule has 1 unspecified atom stereocenters. The lowest BCUT2D eigenvalue weighted by atomic mass is 10.0. The van der Waals surface area contributed by atoms with Gasteiger partial charge in [-0.3, -0.25) is 0 Å². The highest BCUT2D eigenvalue weighted by Gasteiger charge is 2.21. The molecule has 0 amide bonds. The Morgan fingerprint density at radius 1 is 1.40 bits per heavy atom. The van der Waals surface area contributed by atoms with Crippen LogP contribution in [0.15, 0.2) is 34.7 Å². The molecule has 2 aromatic rings. The molecule has 0 spiro atoms. The van der Waals surface area contributed by atoms with Crippen molar-refractivity contribution in [3.8, 4) is 0 Å². The number of nitrogens with one attached hydrogen (secondary N) is 1. The van der Waals surface area contributed by atoms with Crippen LogP contribution >= 0.6 is 11.6 Å². The fourth-order valence-corrected chi connectivity index (χ4v) is 2.09. The fraction of sp³-hybridized carbons (Fsp3) is 0.214.